The van der Waals surface area contributed by atoms with E-state index in [-0.39, 0.29) is 6.61 Å². The van der Waals surface area contributed by atoms with Crippen LogP contribution in [-0.4, -0.2) is 5.91 Å². The van der Waals surface area contributed by atoms with Crippen LogP contribution in [-0.2, 0) is 6.61 Å². The highest BCUT2D eigenvalue weighted by atomic mass is 35.5. The van der Waals surface area contributed by atoms with Gasteiger partial charge in [0.15, 0.2) is 0 Å². The monoisotopic (exact) mass is 314 g/mol. The summed E-state index contributed by atoms with van der Waals surface area (Å²) in [6, 6.07) is 6.47. The van der Waals surface area contributed by atoms with Crippen LogP contribution in [0.1, 0.15) is 21.9 Å². The maximum absolute atomic E-state index is 11.4. The van der Waals surface area contributed by atoms with Crippen LogP contribution in [0.5, 0.6) is 5.75 Å². The minimum atomic E-state index is -0.418. The van der Waals surface area contributed by atoms with E-state index in [1.54, 1.807) is 31.2 Å². The molecule has 0 fully saturated rings. The number of hydrogen-bond donors (Lipinski definition) is 2. The number of hydrogen-bond acceptors (Lipinski definition) is 4. The lowest BCUT2D eigenvalue weighted by Gasteiger charge is -2.06. The zero-order valence-electron chi connectivity index (χ0n) is 10.6. The molecule has 1 amide bonds. The third kappa shape index (κ3) is 3.25. The number of furan rings is 1. The van der Waals surface area contributed by atoms with Crippen molar-refractivity contribution in [2.45, 2.75) is 13.5 Å². The van der Waals surface area contributed by atoms with Gasteiger partial charge in [0, 0.05) is 11.1 Å². The Labute approximate surface area is 125 Å². The van der Waals surface area contributed by atoms with E-state index >= 15 is 0 Å². The van der Waals surface area contributed by atoms with E-state index in [9.17, 15) is 4.79 Å². The van der Waals surface area contributed by atoms with Gasteiger partial charge in [-0.3, -0.25) is 10.2 Å². The van der Waals surface area contributed by atoms with Gasteiger partial charge in [-0.1, -0.05) is 23.2 Å². The van der Waals surface area contributed by atoms with E-state index in [1.165, 1.54) is 0 Å². The average Bonchev–Trinajstić information content (AvgIpc) is 2.80. The summed E-state index contributed by atoms with van der Waals surface area (Å²) >= 11 is 11.8. The number of nitrogen functional groups attached to an aromatic ring is 1. The van der Waals surface area contributed by atoms with E-state index < -0.39 is 5.91 Å². The molecule has 0 spiro atoms. The summed E-state index contributed by atoms with van der Waals surface area (Å²) in [4.78, 5) is 11.4. The van der Waals surface area contributed by atoms with Crippen LogP contribution in [0.25, 0.3) is 0 Å². The molecule has 5 nitrogen and oxygen atoms in total. The van der Waals surface area contributed by atoms with Gasteiger partial charge in [-0.05, 0) is 25.1 Å². The molecular formula is C13H12Cl2N2O3. The summed E-state index contributed by atoms with van der Waals surface area (Å²) in [5.41, 5.74) is 2.41. The number of amides is 1. The smallest absolute Gasteiger partial charge is 0.268 e. The van der Waals surface area contributed by atoms with Crippen LogP contribution in [0.3, 0.4) is 0 Å². The second kappa shape index (κ2) is 6.17. The van der Waals surface area contributed by atoms with Crippen LogP contribution in [0.4, 0.5) is 0 Å². The number of carbonyl (C=O) groups is 1. The molecule has 0 aliphatic heterocycles. The number of carbonyl (C=O) groups excluding carboxylic acids is 1. The van der Waals surface area contributed by atoms with Crippen molar-refractivity contribution in [3.05, 3.63) is 51.4 Å². The summed E-state index contributed by atoms with van der Waals surface area (Å²) < 4.78 is 10.9. The number of hydrazine groups is 1. The first kappa shape index (κ1) is 14.7. The number of halogens is 2. The molecule has 1 heterocycles. The van der Waals surface area contributed by atoms with Crippen molar-refractivity contribution >= 4 is 29.1 Å². The van der Waals surface area contributed by atoms with Gasteiger partial charge in [0.25, 0.3) is 5.91 Å². The molecule has 0 unspecified atom stereocenters. The lowest BCUT2D eigenvalue weighted by atomic mass is 10.2. The van der Waals surface area contributed by atoms with E-state index in [4.69, 9.17) is 38.2 Å². The Morgan fingerprint density at radius 1 is 1.40 bits per heavy atom. The van der Waals surface area contributed by atoms with Crippen LogP contribution in [0.2, 0.25) is 10.0 Å². The molecule has 2 aromatic rings. The number of benzene rings is 1. The molecule has 0 saturated carbocycles. The van der Waals surface area contributed by atoms with Crippen molar-refractivity contribution in [1.29, 1.82) is 0 Å². The second-order valence-electron chi connectivity index (χ2n) is 4.02. The first-order chi connectivity index (χ1) is 9.51. The largest absolute Gasteiger partial charge is 0.484 e. The van der Waals surface area contributed by atoms with Crippen molar-refractivity contribution < 1.29 is 13.9 Å². The molecule has 3 N–H and O–H groups in total. The van der Waals surface area contributed by atoms with Gasteiger partial charge in [-0.2, -0.15) is 0 Å². The maximum Gasteiger partial charge on any atom is 0.268 e. The van der Waals surface area contributed by atoms with E-state index in [0.717, 1.165) is 0 Å². The lowest BCUT2D eigenvalue weighted by molar-refractivity contribution is 0.0952. The van der Waals surface area contributed by atoms with Crippen molar-refractivity contribution in [1.82, 2.24) is 5.43 Å². The van der Waals surface area contributed by atoms with E-state index in [2.05, 4.69) is 0 Å². The number of rotatable bonds is 4. The summed E-state index contributed by atoms with van der Waals surface area (Å²) in [5.74, 6) is 6.05. The first-order valence-corrected chi connectivity index (χ1v) is 6.45. The minimum Gasteiger partial charge on any atom is -0.484 e. The minimum absolute atomic E-state index is 0.124. The third-order valence-corrected chi connectivity index (χ3v) is 3.16. The standard InChI is InChI=1S/C13H12Cl2N2O3/c1-7-10(13(18)17-16)5-9(20-7)6-19-12-4-8(14)2-3-11(12)15/h2-5H,6,16H2,1H3,(H,17,18). The normalized spacial score (nSPS) is 10.4. The number of nitrogens with one attached hydrogen (secondary N) is 1. The zero-order chi connectivity index (χ0) is 14.7. The predicted molar refractivity (Wildman–Crippen MR) is 75.9 cm³/mol. The molecule has 0 atom stereocenters. The highest BCUT2D eigenvalue weighted by Crippen LogP contribution is 2.28. The topological polar surface area (TPSA) is 77.5 Å². The maximum atomic E-state index is 11.4. The molecule has 0 saturated heterocycles. The Morgan fingerprint density at radius 3 is 2.85 bits per heavy atom. The highest BCUT2D eigenvalue weighted by molar-refractivity contribution is 6.34. The second-order valence-corrected chi connectivity index (χ2v) is 4.86. The molecule has 1 aromatic carbocycles. The molecule has 7 heteroatoms. The SMILES string of the molecule is Cc1oc(COc2cc(Cl)ccc2Cl)cc1C(=O)NN. The Bertz CT molecular complexity index is 641. The zero-order valence-corrected chi connectivity index (χ0v) is 12.1. The first-order valence-electron chi connectivity index (χ1n) is 5.69. The van der Waals surface area contributed by atoms with Crippen molar-refractivity contribution in [3.8, 4) is 5.75 Å². The lowest BCUT2D eigenvalue weighted by Crippen LogP contribution is -2.30. The summed E-state index contributed by atoms with van der Waals surface area (Å²) in [6.07, 6.45) is 0. The van der Waals surface area contributed by atoms with Gasteiger partial charge in [-0.15, -0.1) is 0 Å². The predicted octanol–water partition coefficient (Wildman–Crippen LogP) is 3.08. The molecular weight excluding hydrogens is 303 g/mol. The van der Waals surface area contributed by atoms with Gasteiger partial charge in [0.2, 0.25) is 0 Å². The van der Waals surface area contributed by atoms with E-state index in [0.29, 0.717) is 32.9 Å². The summed E-state index contributed by atoms with van der Waals surface area (Å²) in [7, 11) is 0. The fraction of sp³-hybridized carbons (Fsp3) is 0.154. The van der Waals surface area contributed by atoms with Gasteiger partial charge in [0.1, 0.15) is 23.9 Å². The van der Waals surface area contributed by atoms with E-state index in [1.807, 2.05) is 5.43 Å². The number of aryl methyl sites for hydroxylation is 1. The van der Waals surface area contributed by atoms with Gasteiger partial charge in [0.05, 0.1) is 10.6 Å². The molecule has 0 aliphatic rings. The molecule has 0 radical (unpaired) electrons. The average molecular weight is 315 g/mol. The van der Waals surface area contributed by atoms with Crippen molar-refractivity contribution in [3.63, 3.8) is 0 Å². The van der Waals surface area contributed by atoms with Gasteiger partial charge in [-0.25, -0.2) is 5.84 Å². The summed E-state index contributed by atoms with van der Waals surface area (Å²) in [6.45, 7) is 1.79. The third-order valence-electron chi connectivity index (χ3n) is 2.61. The fourth-order valence-electron chi connectivity index (χ4n) is 1.65. The van der Waals surface area contributed by atoms with Crippen LogP contribution < -0.4 is 16.0 Å². The van der Waals surface area contributed by atoms with Gasteiger partial charge < -0.3 is 9.15 Å². The van der Waals surface area contributed by atoms with Crippen molar-refractivity contribution in [2.75, 3.05) is 0 Å². The Balaban J connectivity index is 2.11. The quantitative estimate of drug-likeness (QED) is 0.516. The highest BCUT2D eigenvalue weighted by Gasteiger charge is 2.14. The van der Waals surface area contributed by atoms with Crippen molar-refractivity contribution in [2.24, 2.45) is 5.84 Å². The molecule has 2 rings (SSSR count). The Kier molecular flexibility index (Phi) is 4.54. The van der Waals surface area contributed by atoms with Crippen LogP contribution in [0, 0.1) is 6.92 Å². The molecule has 1 aromatic heterocycles. The van der Waals surface area contributed by atoms with Gasteiger partial charge >= 0.3 is 0 Å². The van der Waals surface area contributed by atoms with Crippen LogP contribution in [0.15, 0.2) is 28.7 Å². The Morgan fingerprint density at radius 2 is 2.15 bits per heavy atom. The molecule has 0 bridgehead atoms. The molecule has 0 aliphatic carbocycles. The summed E-state index contributed by atoms with van der Waals surface area (Å²) in [5, 5.41) is 0.959. The molecule has 20 heavy (non-hydrogen) atoms. The number of nitrogens with two attached hydrogens (primary N) is 1. The Hall–Kier alpha value is -1.69. The number of ether oxygens (including phenoxy) is 1. The van der Waals surface area contributed by atoms with Crippen LogP contribution >= 0.6 is 23.2 Å². The fourth-order valence-corrected chi connectivity index (χ4v) is 1.99. The molecule has 106 valence electrons.